The number of carboxylic acid groups (broad SMARTS) is 1. The number of hydrogen-bond acceptors (Lipinski definition) is 5. The average molecular weight is 350 g/mol. The Balaban J connectivity index is 2.03. The maximum atomic E-state index is 11.7. The van der Waals surface area contributed by atoms with Crippen LogP contribution in [-0.4, -0.2) is 52.9 Å². The van der Waals surface area contributed by atoms with Crippen LogP contribution in [0.3, 0.4) is 0 Å². The lowest BCUT2D eigenvalue weighted by Gasteiger charge is -2.32. The maximum absolute atomic E-state index is 11.7. The Kier molecular flexibility index (Phi) is 5.55. The summed E-state index contributed by atoms with van der Waals surface area (Å²) in [5, 5.41) is 9.29. The van der Waals surface area contributed by atoms with Crippen LogP contribution in [0.15, 0.2) is 6.07 Å². The lowest BCUT2D eigenvalue weighted by molar-refractivity contribution is -0.145. The van der Waals surface area contributed by atoms with E-state index in [1.165, 1.54) is 12.0 Å². The van der Waals surface area contributed by atoms with Crippen LogP contribution in [0.4, 0.5) is 4.79 Å². The minimum atomic E-state index is -0.977. The van der Waals surface area contributed by atoms with Crippen molar-refractivity contribution in [2.24, 2.45) is 5.92 Å². The number of rotatable bonds is 5. The highest BCUT2D eigenvalue weighted by molar-refractivity contribution is 5.74. The normalized spacial score (nSPS) is 16.3. The molecule has 1 atom stereocenters. The summed E-state index contributed by atoms with van der Waals surface area (Å²) in [6, 6.07) is 1.84. The Morgan fingerprint density at radius 3 is 2.60 bits per heavy atom. The van der Waals surface area contributed by atoms with Gasteiger partial charge in [-0.25, -0.2) is 9.78 Å². The zero-order chi connectivity index (χ0) is 18.8. The molecule has 1 N–H and O–H groups in total. The highest BCUT2D eigenvalue weighted by Crippen LogP contribution is 2.31. The van der Waals surface area contributed by atoms with Gasteiger partial charge in [-0.15, -0.1) is 0 Å². The van der Waals surface area contributed by atoms with Crippen molar-refractivity contribution >= 4 is 12.1 Å². The molecule has 25 heavy (non-hydrogen) atoms. The molecule has 138 valence electrons. The Hall–Kier alpha value is -2.31. The number of pyridine rings is 1. The first-order valence-electron chi connectivity index (χ1n) is 8.34. The van der Waals surface area contributed by atoms with Crippen molar-refractivity contribution in [2.75, 3.05) is 20.3 Å². The van der Waals surface area contributed by atoms with Gasteiger partial charge in [0.2, 0.25) is 5.88 Å². The van der Waals surface area contributed by atoms with E-state index in [4.69, 9.17) is 9.47 Å². The van der Waals surface area contributed by atoms with Gasteiger partial charge in [0.05, 0.1) is 19.6 Å². The molecule has 0 radical (unpaired) electrons. The molecule has 0 aromatic carbocycles. The van der Waals surface area contributed by atoms with E-state index in [0.29, 0.717) is 18.7 Å². The van der Waals surface area contributed by atoms with Crippen LogP contribution >= 0.6 is 0 Å². The summed E-state index contributed by atoms with van der Waals surface area (Å²) < 4.78 is 10.5. The number of carbonyl (C=O) groups excluding carboxylic acids is 1. The molecule has 2 rings (SSSR count). The Labute approximate surface area is 147 Å². The van der Waals surface area contributed by atoms with Crippen LogP contribution in [0, 0.1) is 12.8 Å². The smallest absolute Gasteiger partial charge is 0.407 e. The van der Waals surface area contributed by atoms with Crippen molar-refractivity contribution in [2.45, 2.75) is 46.1 Å². The van der Waals surface area contributed by atoms with Gasteiger partial charge in [-0.2, -0.15) is 0 Å². The van der Waals surface area contributed by atoms with E-state index >= 15 is 0 Å². The highest BCUT2D eigenvalue weighted by Gasteiger charge is 2.30. The average Bonchev–Trinajstić information content (AvgIpc) is 2.93. The number of carbonyl (C=O) groups is 2. The number of aryl methyl sites for hydroxylation is 1. The third-order valence-corrected chi connectivity index (χ3v) is 4.46. The van der Waals surface area contributed by atoms with E-state index in [9.17, 15) is 14.7 Å². The molecule has 1 unspecified atom stereocenters. The lowest BCUT2D eigenvalue weighted by Crippen LogP contribution is -2.46. The molecule has 1 aromatic heterocycles. The van der Waals surface area contributed by atoms with Gasteiger partial charge < -0.3 is 19.5 Å². The second-order valence-electron chi connectivity index (χ2n) is 7.27. The van der Waals surface area contributed by atoms with Crippen LogP contribution in [0.1, 0.15) is 37.6 Å². The first-order chi connectivity index (χ1) is 11.6. The molecular weight excluding hydrogens is 324 g/mol. The van der Waals surface area contributed by atoms with Gasteiger partial charge in [0, 0.05) is 17.3 Å². The molecule has 1 heterocycles. The molecule has 0 fully saturated rings. The third kappa shape index (κ3) is 4.41. The first-order valence-corrected chi connectivity index (χ1v) is 8.34. The standard InChI is InChI=1S/C18H26N2O5/c1-11-14-9-13(16(21)24-5)8-12(14)10-15(19-11)25-7-6-20(17(22)23)18(2,3)4/h10,13H,6-9H2,1-5H3,(H,22,23). The minimum absolute atomic E-state index is 0.167. The lowest BCUT2D eigenvalue weighted by atomic mass is 10.1. The molecule has 0 saturated carbocycles. The Bertz CT molecular complexity index is 666. The van der Waals surface area contributed by atoms with Crippen LogP contribution in [0.5, 0.6) is 5.88 Å². The monoisotopic (exact) mass is 350 g/mol. The van der Waals surface area contributed by atoms with Crippen molar-refractivity contribution in [1.82, 2.24) is 9.88 Å². The number of esters is 1. The number of ether oxygens (including phenoxy) is 2. The number of fused-ring (bicyclic) bond motifs is 1. The molecule has 7 nitrogen and oxygen atoms in total. The molecule has 7 heteroatoms. The zero-order valence-corrected chi connectivity index (χ0v) is 15.5. The number of aromatic nitrogens is 1. The number of amides is 1. The van der Waals surface area contributed by atoms with Crippen molar-refractivity contribution in [3.63, 3.8) is 0 Å². The molecule has 1 aromatic rings. The predicted octanol–water partition coefficient (Wildman–Crippen LogP) is 2.44. The predicted molar refractivity (Wildman–Crippen MR) is 91.9 cm³/mol. The second kappa shape index (κ2) is 7.29. The first kappa shape index (κ1) is 19.0. The fourth-order valence-corrected chi connectivity index (χ4v) is 3.15. The van der Waals surface area contributed by atoms with E-state index < -0.39 is 11.6 Å². The summed E-state index contributed by atoms with van der Waals surface area (Å²) >= 11 is 0. The summed E-state index contributed by atoms with van der Waals surface area (Å²) in [7, 11) is 1.40. The van der Waals surface area contributed by atoms with Gasteiger partial charge in [0.1, 0.15) is 6.61 Å². The van der Waals surface area contributed by atoms with Gasteiger partial charge in [-0.05, 0) is 51.7 Å². The third-order valence-electron chi connectivity index (χ3n) is 4.46. The van der Waals surface area contributed by atoms with Crippen molar-refractivity contribution in [1.29, 1.82) is 0 Å². The van der Waals surface area contributed by atoms with Crippen molar-refractivity contribution in [3.05, 3.63) is 22.9 Å². The molecule has 1 aliphatic rings. The summed E-state index contributed by atoms with van der Waals surface area (Å²) in [6.07, 6.45) is 0.276. The maximum Gasteiger partial charge on any atom is 0.407 e. The van der Waals surface area contributed by atoms with Crippen LogP contribution in [-0.2, 0) is 22.4 Å². The van der Waals surface area contributed by atoms with Gasteiger partial charge >= 0.3 is 12.1 Å². The highest BCUT2D eigenvalue weighted by atomic mass is 16.5. The van der Waals surface area contributed by atoms with E-state index in [1.807, 2.05) is 33.8 Å². The largest absolute Gasteiger partial charge is 0.476 e. The number of hydrogen-bond donors (Lipinski definition) is 1. The molecule has 0 aliphatic heterocycles. The number of nitrogens with zero attached hydrogens (tertiary/aromatic N) is 2. The fourth-order valence-electron chi connectivity index (χ4n) is 3.15. The summed E-state index contributed by atoms with van der Waals surface area (Å²) in [5.41, 5.74) is 2.46. The molecule has 1 aliphatic carbocycles. The summed E-state index contributed by atoms with van der Waals surface area (Å²) in [5.74, 6) is 0.0838. The van der Waals surface area contributed by atoms with Gasteiger partial charge in [0.25, 0.3) is 0 Å². The molecule has 0 bridgehead atoms. The number of methoxy groups -OCH3 is 1. The fraction of sp³-hybridized carbons (Fsp3) is 0.611. The van der Waals surface area contributed by atoms with Crippen molar-refractivity contribution in [3.8, 4) is 5.88 Å². The van der Waals surface area contributed by atoms with E-state index in [0.717, 1.165) is 16.8 Å². The quantitative estimate of drug-likeness (QED) is 0.821. The zero-order valence-electron chi connectivity index (χ0n) is 15.5. The summed E-state index contributed by atoms with van der Waals surface area (Å²) in [6.45, 7) is 7.88. The Morgan fingerprint density at radius 2 is 2.04 bits per heavy atom. The minimum Gasteiger partial charge on any atom is -0.476 e. The van der Waals surface area contributed by atoms with Crippen LogP contribution < -0.4 is 4.74 Å². The SMILES string of the molecule is COC(=O)C1Cc2cc(OCCN(C(=O)O)C(C)(C)C)nc(C)c2C1. The summed E-state index contributed by atoms with van der Waals surface area (Å²) in [4.78, 5) is 28.8. The van der Waals surface area contributed by atoms with Crippen molar-refractivity contribution < 1.29 is 24.2 Å². The van der Waals surface area contributed by atoms with E-state index in [2.05, 4.69) is 4.98 Å². The molecule has 0 spiro atoms. The van der Waals surface area contributed by atoms with Gasteiger partial charge in [-0.1, -0.05) is 0 Å². The Morgan fingerprint density at radius 1 is 1.36 bits per heavy atom. The topological polar surface area (TPSA) is 89.0 Å². The molecular formula is C18H26N2O5. The van der Waals surface area contributed by atoms with Crippen LogP contribution in [0.2, 0.25) is 0 Å². The second-order valence-corrected chi connectivity index (χ2v) is 7.27. The van der Waals surface area contributed by atoms with E-state index in [1.54, 1.807) is 0 Å². The molecule has 0 saturated heterocycles. The van der Waals surface area contributed by atoms with E-state index in [-0.39, 0.29) is 25.0 Å². The van der Waals surface area contributed by atoms with Gasteiger partial charge in [0.15, 0.2) is 0 Å². The molecule has 1 amide bonds. The van der Waals surface area contributed by atoms with Crippen LogP contribution in [0.25, 0.3) is 0 Å². The van der Waals surface area contributed by atoms with Gasteiger partial charge in [-0.3, -0.25) is 4.79 Å².